The Morgan fingerprint density at radius 1 is 1.28 bits per heavy atom. The first-order valence-corrected chi connectivity index (χ1v) is 7.56. The average Bonchev–Trinajstić information content (AvgIpc) is 2.72. The van der Waals surface area contributed by atoms with Gasteiger partial charge in [-0.3, -0.25) is 0 Å². The lowest BCUT2D eigenvalue weighted by molar-refractivity contribution is 0.409. The molecule has 0 atom stereocenters. The third kappa shape index (κ3) is 3.21. The van der Waals surface area contributed by atoms with Crippen LogP contribution in [-0.4, -0.2) is 17.3 Å². The third-order valence-electron chi connectivity index (χ3n) is 2.23. The molecule has 1 aromatic carbocycles. The average molecular weight is 393 g/mol. The van der Waals surface area contributed by atoms with Crippen LogP contribution in [-0.2, 0) is 6.54 Å². The van der Waals surface area contributed by atoms with Gasteiger partial charge in [0.1, 0.15) is 10.8 Å². The minimum atomic E-state index is 0.690. The number of benzene rings is 1. The molecule has 4 nitrogen and oxygen atoms in total. The van der Waals surface area contributed by atoms with Crippen LogP contribution in [0.4, 0.5) is 5.13 Å². The van der Waals surface area contributed by atoms with Crippen LogP contribution in [0.2, 0.25) is 0 Å². The maximum absolute atomic E-state index is 5.26. The number of halogens is 2. The van der Waals surface area contributed by atoms with E-state index in [0.717, 1.165) is 30.4 Å². The van der Waals surface area contributed by atoms with Crippen molar-refractivity contribution in [2.45, 2.75) is 13.5 Å². The molecule has 0 radical (unpaired) electrons. The van der Waals surface area contributed by atoms with Crippen LogP contribution in [0.3, 0.4) is 0 Å². The molecule has 7 heteroatoms. The number of nitrogens with one attached hydrogen (secondary N) is 1. The largest absolute Gasteiger partial charge is 0.494 e. The Hall–Kier alpha value is -0.660. The zero-order chi connectivity index (χ0) is 13.1. The number of methoxy groups -OCH3 is 1. The topological polar surface area (TPSA) is 47.0 Å². The van der Waals surface area contributed by atoms with Crippen LogP contribution >= 0.6 is 43.2 Å². The molecule has 0 amide bonds. The molecule has 1 aromatic heterocycles. The van der Waals surface area contributed by atoms with Gasteiger partial charge < -0.3 is 10.1 Å². The van der Waals surface area contributed by atoms with Crippen molar-refractivity contribution in [2.75, 3.05) is 12.4 Å². The number of aromatic nitrogens is 2. The molecule has 0 unspecified atom stereocenters. The summed E-state index contributed by atoms with van der Waals surface area (Å²) < 4.78 is 7.10. The van der Waals surface area contributed by atoms with Crippen LogP contribution < -0.4 is 10.1 Å². The molecular weight excluding hydrogens is 382 g/mol. The first-order chi connectivity index (χ1) is 8.60. The van der Waals surface area contributed by atoms with Crippen LogP contribution in [0.25, 0.3) is 0 Å². The molecular formula is C11H11Br2N3OS. The van der Waals surface area contributed by atoms with Crippen molar-refractivity contribution in [1.29, 1.82) is 0 Å². The fraction of sp³-hybridized carbons (Fsp3) is 0.273. The summed E-state index contributed by atoms with van der Waals surface area (Å²) in [6, 6.07) is 4.04. The molecule has 0 spiro atoms. The molecule has 1 heterocycles. The number of nitrogens with zero attached hydrogens (tertiary/aromatic N) is 2. The van der Waals surface area contributed by atoms with Crippen molar-refractivity contribution in [3.63, 3.8) is 0 Å². The van der Waals surface area contributed by atoms with Gasteiger partial charge in [-0.05, 0) is 56.5 Å². The maximum atomic E-state index is 5.26. The number of ether oxygens (including phenoxy) is 1. The van der Waals surface area contributed by atoms with Crippen LogP contribution in [0.5, 0.6) is 5.75 Å². The van der Waals surface area contributed by atoms with E-state index < -0.39 is 0 Å². The van der Waals surface area contributed by atoms with E-state index >= 15 is 0 Å². The van der Waals surface area contributed by atoms with Gasteiger partial charge >= 0.3 is 0 Å². The van der Waals surface area contributed by atoms with Crippen molar-refractivity contribution < 1.29 is 4.74 Å². The first kappa shape index (κ1) is 13.8. The zero-order valence-electron chi connectivity index (χ0n) is 9.83. The normalized spacial score (nSPS) is 10.4. The summed E-state index contributed by atoms with van der Waals surface area (Å²) in [6.45, 7) is 2.62. The summed E-state index contributed by atoms with van der Waals surface area (Å²) in [5, 5.41) is 13.0. The molecule has 0 fully saturated rings. The minimum absolute atomic E-state index is 0.690. The monoisotopic (exact) mass is 391 g/mol. The Kier molecular flexibility index (Phi) is 4.58. The van der Waals surface area contributed by atoms with E-state index in [-0.39, 0.29) is 0 Å². The molecule has 0 saturated heterocycles. The molecule has 0 aliphatic carbocycles. The lowest BCUT2D eigenvalue weighted by Crippen LogP contribution is -2.00. The van der Waals surface area contributed by atoms with E-state index in [2.05, 4.69) is 47.4 Å². The fourth-order valence-electron chi connectivity index (χ4n) is 1.46. The van der Waals surface area contributed by atoms with Gasteiger partial charge in [-0.1, -0.05) is 11.3 Å². The Labute approximate surface area is 126 Å². The number of rotatable bonds is 4. The SMILES string of the molecule is COc1c(Br)cc(CNc2nnc(C)s2)cc1Br. The van der Waals surface area contributed by atoms with Gasteiger partial charge in [0, 0.05) is 6.54 Å². The zero-order valence-corrected chi connectivity index (χ0v) is 13.8. The second-order valence-corrected chi connectivity index (χ2v) is 6.46. The van der Waals surface area contributed by atoms with E-state index in [9.17, 15) is 0 Å². The third-order valence-corrected chi connectivity index (χ3v) is 4.21. The summed E-state index contributed by atoms with van der Waals surface area (Å²) in [4.78, 5) is 0. The van der Waals surface area contributed by atoms with E-state index in [1.165, 1.54) is 0 Å². The molecule has 0 aliphatic rings. The van der Waals surface area contributed by atoms with Crippen molar-refractivity contribution in [3.05, 3.63) is 31.6 Å². The highest BCUT2D eigenvalue weighted by Crippen LogP contribution is 2.34. The summed E-state index contributed by atoms with van der Waals surface area (Å²) in [7, 11) is 1.65. The van der Waals surface area contributed by atoms with Gasteiger partial charge in [0.05, 0.1) is 16.1 Å². The second kappa shape index (κ2) is 5.99. The van der Waals surface area contributed by atoms with Gasteiger partial charge in [0.2, 0.25) is 5.13 Å². The highest BCUT2D eigenvalue weighted by Gasteiger charge is 2.08. The molecule has 18 heavy (non-hydrogen) atoms. The van der Waals surface area contributed by atoms with Crippen LogP contribution in [0.15, 0.2) is 21.1 Å². The Morgan fingerprint density at radius 3 is 2.44 bits per heavy atom. The van der Waals surface area contributed by atoms with Gasteiger partial charge in [-0.25, -0.2) is 0 Å². The predicted molar refractivity (Wildman–Crippen MR) is 80.4 cm³/mol. The Bertz CT molecular complexity index is 536. The first-order valence-electron chi connectivity index (χ1n) is 5.16. The van der Waals surface area contributed by atoms with Crippen molar-refractivity contribution >= 4 is 48.3 Å². The molecule has 96 valence electrons. The van der Waals surface area contributed by atoms with Crippen molar-refractivity contribution in [2.24, 2.45) is 0 Å². The molecule has 0 aliphatic heterocycles. The molecule has 2 rings (SSSR count). The quantitative estimate of drug-likeness (QED) is 0.854. The molecule has 1 N–H and O–H groups in total. The van der Waals surface area contributed by atoms with Gasteiger partial charge in [0.15, 0.2) is 0 Å². The second-order valence-electron chi connectivity index (χ2n) is 3.57. The highest BCUT2D eigenvalue weighted by molar-refractivity contribution is 9.11. The summed E-state index contributed by atoms with van der Waals surface area (Å²) in [5.74, 6) is 0.797. The molecule has 0 saturated carbocycles. The number of hydrogen-bond acceptors (Lipinski definition) is 5. The Balaban J connectivity index is 2.10. The van der Waals surface area contributed by atoms with E-state index in [1.807, 2.05) is 19.1 Å². The summed E-state index contributed by atoms with van der Waals surface area (Å²) in [6.07, 6.45) is 0. The molecule has 0 bridgehead atoms. The van der Waals surface area contributed by atoms with Gasteiger partial charge in [-0.2, -0.15) is 0 Å². The number of anilines is 1. The highest BCUT2D eigenvalue weighted by atomic mass is 79.9. The number of hydrogen-bond donors (Lipinski definition) is 1. The van der Waals surface area contributed by atoms with Crippen molar-refractivity contribution in [3.8, 4) is 5.75 Å². The number of aryl methyl sites for hydroxylation is 1. The minimum Gasteiger partial charge on any atom is -0.494 e. The van der Waals surface area contributed by atoms with E-state index in [1.54, 1.807) is 18.4 Å². The van der Waals surface area contributed by atoms with Gasteiger partial charge in [-0.15, -0.1) is 10.2 Å². The van der Waals surface area contributed by atoms with Gasteiger partial charge in [0.25, 0.3) is 0 Å². The standard InChI is InChI=1S/C11H11Br2N3OS/c1-6-15-16-11(18-6)14-5-7-3-8(12)10(17-2)9(13)4-7/h3-4H,5H2,1-2H3,(H,14,16). The summed E-state index contributed by atoms with van der Waals surface area (Å²) >= 11 is 8.50. The lowest BCUT2D eigenvalue weighted by atomic mass is 10.2. The predicted octanol–water partition coefficient (Wildman–Crippen LogP) is 3.99. The maximum Gasteiger partial charge on any atom is 0.205 e. The smallest absolute Gasteiger partial charge is 0.205 e. The summed E-state index contributed by atoms with van der Waals surface area (Å²) in [5.41, 5.74) is 1.13. The van der Waals surface area contributed by atoms with Crippen LogP contribution in [0, 0.1) is 6.92 Å². The fourth-order valence-corrected chi connectivity index (χ4v) is 3.65. The lowest BCUT2D eigenvalue weighted by Gasteiger charge is -2.09. The van der Waals surface area contributed by atoms with E-state index in [4.69, 9.17) is 4.74 Å². The Morgan fingerprint density at radius 2 is 1.94 bits per heavy atom. The molecule has 2 aromatic rings. The van der Waals surface area contributed by atoms with E-state index in [0.29, 0.717) is 6.54 Å². The van der Waals surface area contributed by atoms with Crippen molar-refractivity contribution in [1.82, 2.24) is 10.2 Å². The van der Waals surface area contributed by atoms with Crippen LogP contribution in [0.1, 0.15) is 10.6 Å².